The fraction of sp³-hybridized carbons (Fsp3) is 0.611. The Kier molecular flexibility index (Phi) is 8.08. The number of nitrogens with one attached hydrogen (secondary N) is 2. The Labute approximate surface area is 149 Å². The van der Waals surface area contributed by atoms with Crippen LogP contribution in [0.4, 0.5) is 0 Å². The van der Waals surface area contributed by atoms with Crippen molar-refractivity contribution in [2.24, 2.45) is 4.99 Å². The molecule has 5 nitrogen and oxygen atoms in total. The summed E-state index contributed by atoms with van der Waals surface area (Å²) in [4.78, 5) is 4.65. The van der Waals surface area contributed by atoms with Crippen molar-refractivity contribution in [3.8, 4) is 11.5 Å². The Bertz CT molecular complexity index is 519. The molecule has 0 saturated carbocycles. The van der Waals surface area contributed by atoms with E-state index in [1.807, 2.05) is 43.0 Å². The van der Waals surface area contributed by atoms with Crippen LogP contribution >= 0.6 is 11.8 Å². The van der Waals surface area contributed by atoms with E-state index in [2.05, 4.69) is 22.5 Å². The van der Waals surface area contributed by atoms with Crippen molar-refractivity contribution in [2.45, 2.75) is 38.0 Å². The minimum absolute atomic E-state index is 0.0300. The summed E-state index contributed by atoms with van der Waals surface area (Å²) >= 11 is 2.05. The molecule has 2 atom stereocenters. The number of ether oxygens (including phenoxy) is 2. The summed E-state index contributed by atoms with van der Waals surface area (Å²) in [6.07, 6.45) is 2.59. The summed E-state index contributed by atoms with van der Waals surface area (Å²) in [6, 6.07) is 7.69. The number of nitrogens with zero attached hydrogens (tertiary/aromatic N) is 1. The van der Waals surface area contributed by atoms with Gasteiger partial charge in [-0.2, -0.15) is 11.8 Å². The monoisotopic (exact) mass is 351 g/mol. The zero-order valence-electron chi connectivity index (χ0n) is 14.9. The summed E-state index contributed by atoms with van der Waals surface area (Å²) in [6.45, 7) is 6.51. The second-order valence-electron chi connectivity index (χ2n) is 5.81. The smallest absolute Gasteiger partial charge is 0.191 e. The van der Waals surface area contributed by atoms with Crippen molar-refractivity contribution >= 4 is 17.7 Å². The zero-order valence-corrected chi connectivity index (χ0v) is 15.7. The number of guanidine groups is 1. The van der Waals surface area contributed by atoms with Crippen molar-refractivity contribution in [2.75, 3.05) is 32.5 Å². The third-order valence-corrected chi connectivity index (χ3v) is 5.17. The van der Waals surface area contributed by atoms with Crippen molar-refractivity contribution in [3.63, 3.8) is 0 Å². The van der Waals surface area contributed by atoms with Crippen LogP contribution in [0.25, 0.3) is 0 Å². The molecule has 0 spiro atoms. The summed E-state index contributed by atoms with van der Waals surface area (Å²) < 4.78 is 11.3. The van der Waals surface area contributed by atoms with Crippen LogP contribution in [0.3, 0.4) is 0 Å². The molecule has 0 radical (unpaired) electrons. The summed E-state index contributed by atoms with van der Waals surface area (Å²) in [5.74, 6) is 3.64. The highest BCUT2D eigenvalue weighted by Gasteiger charge is 2.15. The van der Waals surface area contributed by atoms with E-state index in [1.54, 1.807) is 7.11 Å². The molecule has 134 valence electrons. The molecule has 1 aromatic carbocycles. The molecular weight excluding hydrogens is 322 g/mol. The van der Waals surface area contributed by atoms with Gasteiger partial charge in [-0.1, -0.05) is 12.1 Å². The maximum absolute atomic E-state index is 5.95. The number of hydrogen-bond acceptors (Lipinski definition) is 4. The molecule has 1 saturated heterocycles. The van der Waals surface area contributed by atoms with Gasteiger partial charge in [0.2, 0.25) is 0 Å². The predicted molar refractivity (Wildman–Crippen MR) is 103 cm³/mol. The van der Waals surface area contributed by atoms with Crippen LogP contribution < -0.4 is 20.1 Å². The van der Waals surface area contributed by atoms with Gasteiger partial charge in [-0.25, -0.2) is 4.99 Å². The lowest BCUT2D eigenvalue weighted by Gasteiger charge is -2.17. The lowest BCUT2D eigenvalue weighted by atomic mass is 10.2. The molecule has 2 rings (SSSR count). The van der Waals surface area contributed by atoms with Crippen molar-refractivity contribution in [1.82, 2.24) is 10.6 Å². The number of thioether (sulfide) groups is 1. The van der Waals surface area contributed by atoms with Crippen LogP contribution in [0.2, 0.25) is 0 Å². The van der Waals surface area contributed by atoms with Gasteiger partial charge in [0.25, 0.3) is 0 Å². The second kappa shape index (κ2) is 10.3. The van der Waals surface area contributed by atoms with Crippen LogP contribution in [0.15, 0.2) is 29.3 Å². The van der Waals surface area contributed by atoms with Crippen LogP contribution in [0, 0.1) is 0 Å². The van der Waals surface area contributed by atoms with Crippen molar-refractivity contribution in [1.29, 1.82) is 0 Å². The summed E-state index contributed by atoms with van der Waals surface area (Å²) in [5, 5.41) is 7.44. The molecule has 0 aliphatic carbocycles. The van der Waals surface area contributed by atoms with E-state index >= 15 is 0 Å². The number of rotatable bonds is 8. The summed E-state index contributed by atoms with van der Waals surface area (Å²) in [5.41, 5.74) is 0. The van der Waals surface area contributed by atoms with Gasteiger partial charge in [0.1, 0.15) is 6.10 Å². The molecular formula is C18H29N3O2S. The van der Waals surface area contributed by atoms with Gasteiger partial charge >= 0.3 is 0 Å². The molecule has 2 unspecified atom stereocenters. The highest BCUT2D eigenvalue weighted by molar-refractivity contribution is 8.00. The van der Waals surface area contributed by atoms with Gasteiger partial charge in [0.15, 0.2) is 17.5 Å². The Hall–Kier alpha value is -1.56. The average molecular weight is 352 g/mol. The second-order valence-corrected chi connectivity index (χ2v) is 7.22. The van der Waals surface area contributed by atoms with Crippen molar-refractivity contribution in [3.05, 3.63) is 24.3 Å². The molecule has 0 amide bonds. The Morgan fingerprint density at radius 3 is 2.79 bits per heavy atom. The van der Waals surface area contributed by atoms with Gasteiger partial charge in [-0.05, 0) is 44.6 Å². The van der Waals surface area contributed by atoms with E-state index in [0.29, 0.717) is 11.8 Å². The van der Waals surface area contributed by atoms with E-state index in [4.69, 9.17) is 9.47 Å². The van der Waals surface area contributed by atoms with Crippen LogP contribution in [0.5, 0.6) is 11.5 Å². The topological polar surface area (TPSA) is 54.9 Å². The van der Waals surface area contributed by atoms with E-state index in [-0.39, 0.29) is 6.10 Å². The summed E-state index contributed by atoms with van der Waals surface area (Å²) in [7, 11) is 1.65. The lowest BCUT2D eigenvalue weighted by molar-refractivity contribution is 0.219. The number of aliphatic imine (C=N–C) groups is 1. The zero-order chi connectivity index (χ0) is 17.2. The molecule has 0 aromatic heterocycles. The fourth-order valence-corrected chi connectivity index (χ4v) is 3.75. The van der Waals surface area contributed by atoms with Crippen molar-refractivity contribution < 1.29 is 9.47 Å². The molecule has 1 aromatic rings. The van der Waals surface area contributed by atoms with Crippen LogP contribution in [-0.4, -0.2) is 49.8 Å². The maximum atomic E-state index is 5.95. The number of methoxy groups -OCH3 is 1. The first-order valence-corrected chi connectivity index (χ1v) is 9.71. The Morgan fingerprint density at radius 2 is 2.12 bits per heavy atom. The standard InChI is InChI=1S/C18H29N3O2S/c1-4-19-18(21-13-15-8-7-11-24-15)20-12-14(2)23-17-10-6-5-9-16(17)22-3/h5-6,9-10,14-15H,4,7-8,11-13H2,1-3H3,(H2,19,20,21). The van der Waals surface area contributed by atoms with E-state index in [1.165, 1.54) is 18.6 Å². The van der Waals surface area contributed by atoms with Gasteiger partial charge in [0, 0.05) is 18.3 Å². The molecule has 1 aliphatic heterocycles. The highest BCUT2D eigenvalue weighted by atomic mass is 32.2. The first-order chi connectivity index (χ1) is 11.7. The largest absolute Gasteiger partial charge is 0.493 e. The highest BCUT2D eigenvalue weighted by Crippen LogP contribution is 2.27. The fourth-order valence-electron chi connectivity index (χ4n) is 2.55. The average Bonchev–Trinajstić information content (AvgIpc) is 3.11. The number of benzene rings is 1. The molecule has 1 heterocycles. The Balaban J connectivity index is 1.84. The minimum Gasteiger partial charge on any atom is -0.493 e. The van der Waals surface area contributed by atoms with E-state index in [0.717, 1.165) is 30.5 Å². The first kappa shape index (κ1) is 18.8. The lowest BCUT2D eigenvalue weighted by Crippen LogP contribution is -2.40. The molecule has 1 fully saturated rings. The third-order valence-electron chi connectivity index (χ3n) is 3.77. The first-order valence-electron chi connectivity index (χ1n) is 8.66. The van der Waals surface area contributed by atoms with Crippen LogP contribution in [-0.2, 0) is 0 Å². The van der Waals surface area contributed by atoms with E-state index in [9.17, 15) is 0 Å². The van der Waals surface area contributed by atoms with Crippen LogP contribution in [0.1, 0.15) is 26.7 Å². The van der Waals surface area contributed by atoms with Gasteiger partial charge in [0.05, 0.1) is 13.7 Å². The van der Waals surface area contributed by atoms with Gasteiger partial charge in [-0.3, -0.25) is 0 Å². The number of hydrogen-bond donors (Lipinski definition) is 2. The van der Waals surface area contributed by atoms with E-state index < -0.39 is 0 Å². The molecule has 2 N–H and O–H groups in total. The Morgan fingerprint density at radius 1 is 1.33 bits per heavy atom. The quantitative estimate of drug-likeness (QED) is 0.557. The maximum Gasteiger partial charge on any atom is 0.191 e. The van der Waals surface area contributed by atoms with Gasteiger partial charge in [-0.15, -0.1) is 0 Å². The normalized spacial score (nSPS) is 19.0. The predicted octanol–water partition coefficient (Wildman–Crippen LogP) is 2.91. The third kappa shape index (κ3) is 6.15. The van der Waals surface area contributed by atoms with Gasteiger partial charge < -0.3 is 20.1 Å². The molecule has 24 heavy (non-hydrogen) atoms. The minimum atomic E-state index is -0.0300. The molecule has 6 heteroatoms. The molecule has 0 bridgehead atoms. The SMILES string of the molecule is CCNC(=NCC(C)Oc1ccccc1OC)NCC1CCCS1. The number of para-hydroxylation sites is 2. The molecule has 1 aliphatic rings.